The fourth-order valence-corrected chi connectivity index (χ4v) is 5.40. The molecule has 1 aliphatic heterocycles. The van der Waals surface area contributed by atoms with Crippen molar-refractivity contribution in [2.45, 2.75) is 38.8 Å². The van der Waals surface area contributed by atoms with Gasteiger partial charge in [-0.2, -0.15) is 0 Å². The van der Waals surface area contributed by atoms with E-state index in [1.165, 1.54) is 26.4 Å². The second-order valence-corrected chi connectivity index (χ2v) is 9.99. The number of benzene rings is 2. The molecule has 0 bridgehead atoms. The molecule has 180 valence electrons. The zero-order valence-corrected chi connectivity index (χ0v) is 20.3. The number of phenols is 2. The summed E-state index contributed by atoms with van der Waals surface area (Å²) in [5.41, 5.74) is -0.862. The Kier molecular flexibility index (Phi) is 5.93. The molecule has 1 saturated carbocycles. The highest BCUT2D eigenvalue weighted by Crippen LogP contribution is 2.55. The van der Waals surface area contributed by atoms with Gasteiger partial charge >= 0.3 is 0 Å². The van der Waals surface area contributed by atoms with E-state index in [-0.39, 0.29) is 52.5 Å². The van der Waals surface area contributed by atoms with Crippen LogP contribution in [0.15, 0.2) is 36.4 Å². The van der Waals surface area contributed by atoms with Crippen LogP contribution in [-0.2, 0) is 9.59 Å². The summed E-state index contributed by atoms with van der Waals surface area (Å²) >= 11 is 5.50. The van der Waals surface area contributed by atoms with E-state index in [2.05, 4.69) is 10.6 Å². The molecule has 8 nitrogen and oxygen atoms in total. The van der Waals surface area contributed by atoms with Gasteiger partial charge in [0.15, 0.2) is 39.7 Å². The largest absolute Gasteiger partial charge is 0.504 e. The number of ether oxygens (including phenoxy) is 2. The van der Waals surface area contributed by atoms with Crippen molar-refractivity contribution in [3.05, 3.63) is 47.5 Å². The standard InChI is InChI=1S/C25H28N2O6S/c1-24(2)11-19(30)25(20(31)12-24)21(13-5-7-15(28)17(9-13)32-3)26-23(34)27-22(25)14-6-8-16(29)18(10-14)33-4/h5-10,21-22,28-29H,11-12H2,1-4H3,(H2,26,27,34). The Labute approximate surface area is 203 Å². The van der Waals surface area contributed by atoms with Gasteiger partial charge in [-0.1, -0.05) is 26.0 Å². The number of carbonyl (C=O) groups is 2. The van der Waals surface area contributed by atoms with E-state index in [9.17, 15) is 19.8 Å². The van der Waals surface area contributed by atoms with Crippen LogP contribution < -0.4 is 20.1 Å². The van der Waals surface area contributed by atoms with Crippen molar-refractivity contribution in [3.63, 3.8) is 0 Å². The fraction of sp³-hybridized carbons (Fsp3) is 0.400. The average molecular weight is 485 g/mol. The van der Waals surface area contributed by atoms with Gasteiger partial charge in [-0.25, -0.2) is 0 Å². The van der Waals surface area contributed by atoms with Crippen molar-refractivity contribution in [1.82, 2.24) is 10.6 Å². The third-order valence-electron chi connectivity index (χ3n) is 6.74. The van der Waals surface area contributed by atoms with Gasteiger partial charge in [-0.15, -0.1) is 0 Å². The first-order chi connectivity index (χ1) is 16.0. The topological polar surface area (TPSA) is 117 Å². The van der Waals surface area contributed by atoms with Crippen molar-refractivity contribution < 1.29 is 29.3 Å². The molecule has 2 aromatic rings. The van der Waals surface area contributed by atoms with E-state index < -0.39 is 22.9 Å². The minimum Gasteiger partial charge on any atom is -0.504 e. The molecule has 2 atom stereocenters. The summed E-state index contributed by atoms with van der Waals surface area (Å²) in [5.74, 6) is -0.107. The lowest BCUT2D eigenvalue weighted by atomic mass is 9.55. The number of nitrogens with one attached hydrogen (secondary N) is 2. The Morgan fingerprint density at radius 1 is 0.853 bits per heavy atom. The Hall–Kier alpha value is -3.33. The fourth-order valence-electron chi connectivity index (χ4n) is 5.16. The number of hydrogen-bond acceptors (Lipinski definition) is 7. The maximum Gasteiger partial charge on any atom is 0.167 e. The van der Waals surface area contributed by atoms with E-state index >= 15 is 0 Å². The van der Waals surface area contributed by atoms with Crippen molar-refractivity contribution in [2.75, 3.05) is 14.2 Å². The molecule has 9 heteroatoms. The van der Waals surface area contributed by atoms with E-state index in [0.29, 0.717) is 11.1 Å². The van der Waals surface area contributed by atoms with Crippen LogP contribution in [0, 0.1) is 10.8 Å². The van der Waals surface area contributed by atoms with Gasteiger partial charge in [0, 0.05) is 12.8 Å². The summed E-state index contributed by atoms with van der Waals surface area (Å²) in [7, 11) is 2.86. The molecule has 0 amide bonds. The third kappa shape index (κ3) is 3.73. The van der Waals surface area contributed by atoms with Gasteiger partial charge in [-0.05, 0) is 53.0 Å². The number of hydrogen-bond donors (Lipinski definition) is 4. The number of Topliss-reactive ketones (excluding diaryl/α,β-unsaturated/α-hetero) is 2. The SMILES string of the molecule is COc1cc(C2NC(=S)NC(c3ccc(O)c(OC)c3)C23C(=O)CC(C)(C)CC3=O)ccc1O. The third-order valence-corrected chi connectivity index (χ3v) is 6.97. The summed E-state index contributed by atoms with van der Waals surface area (Å²) in [6.45, 7) is 3.81. The number of phenolic OH excluding ortho intramolecular Hbond substituents is 2. The van der Waals surface area contributed by atoms with Crippen LogP contribution in [0.1, 0.15) is 49.9 Å². The van der Waals surface area contributed by atoms with Gasteiger partial charge in [0.1, 0.15) is 5.41 Å². The van der Waals surface area contributed by atoms with Gasteiger partial charge < -0.3 is 30.3 Å². The predicted molar refractivity (Wildman–Crippen MR) is 129 cm³/mol. The van der Waals surface area contributed by atoms with Crippen LogP contribution >= 0.6 is 12.2 Å². The highest BCUT2D eigenvalue weighted by atomic mass is 32.1. The molecule has 0 radical (unpaired) electrons. The minimum absolute atomic E-state index is 0.0564. The molecular weight excluding hydrogens is 456 g/mol. The van der Waals surface area contributed by atoms with E-state index in [1.54, 1.807) is 24.3 Å². The van der Waals surface area contributed by atoms with Gasteiger partial charge in [-0.3, -0.25) is 9.59 Å². The van der Waals surface area contributed by atoms with Crippen molar-refractivity contribution >= 4 is 28.9 Å². The first-order valence-electron chi connectivity index (χ1n) is 10.9. The summed E-state index contributed by atoms with van der Waals surface area (Å²) in [5, 5.41) is 26.8. The smallest absolute Gasteiger partial charge is 0.167 e. The number of thiocarbonyl (C=S) groups is 1. The highest BCUT2D eigenvalue weighted by Gasteiger charge is 2.63. The Balaban J connectivity index is 1.97. The van der Waals surface area contributed by atoms with Crippen LogP contribution in [0.5, 0.6) is 23.0 Å². The lowest BCUT2D eigenvalue weighted by Gasteiger charge is -2.52. The Bertz CT molecular complexity index is 1090. The number of aromatic hydroxyl groups is 2. The van der Waals surface area contributed by atoms with Gasteiger partial charge in [0.2, 0.25) is 0 Å². The molecule has 4 N–H and O–H groups in total. The molecule has 0 aromatic heterocycles. The zero-order valence-electron chi connectivity index (χ0n) is 19.5. The summed E-state index contributed by atoms with van der Waals surface area (Å²) in [6, 6.07) is 7.84. The van der Waals surface area contributed by atoms with Crippen molar-refractivity contribution in [1.29, 1.82) is 0 Å². The molecule has 1 spiro atoms. The maximum absolute atomic E-state index is 14.0. The molecule has 4 rings (SSSR count). The second kappa shape index (κ2) is 8.47. The maximum atomic E-state index is 14.0. The molecule has 1 aliphatic carbocycles. The first-order valence-corrected chi connectivity index (χ1v) is 11.3. The minimum atomic E-state index is -1.54. The highest BCUT2D eigenvalue weighted by molar-refractivity contribution is 7.80. The number of ketones is 2. The Morgan fingerprint density at radius 2 is 1.26 bits per heavy atom. The van der Waals surface area contributed by atoms with E-state index in [0.717, 1.165) is 0 Å². The number of rotatable bonds is 4. The van der Waals surface area contributed by atoms with E-state index in [1.807, 2.05) is 13.8 Å². The van der Waals surface area contributed by atoms with Crippen molar-refractivity contribution in [3.8, 4) is 23.0 Å². The van der Waals surface area contributed by atoms with Crippen LogP contribution in [0.25, 0.3) is 0 Å². The van der Waals surface area contributed by atoms with Crippen LogP contribution in [-0.4, -0.2) is 41.1 Å². The molecule has 34 heavy (non-hydrogen) atoms. The number of carbonyl (C=O) groups excluding carboxylic acids is 2. The normalized spacial score (nSPS) is 23.2. The quantitative estimate of drug-likeness (QED) is 0.383. The summed E-state index contributed by atoms with van der Waals surface area (Å²) in [4.78, 5) is 28.0. The molecule has 1 heterocycles. The Morgan fingerprint density at radius 3 is 1.65 bits per heavy atom. The predicted octanol–water partition coefficient (Wildman–Crippen LogP) is 3.32. The second-order valence-electron chi connectivity index (χ2n) is 9.58. The molecular formula is C25H28N2O6S. The van der Waals surface area contributed by atoms with Crippen LogP contribution in [0.2, 0.25) is 0 Å². The van der Waals surface area contributed by atoms with E-state index in [4.69, 9.17) is 21.7 Å². The summed E-state index contributed by atoms with van der Waals surface area (Å²) < 4.78 is 10.6. The number of methoxy groups -OCH3 is 2. The molecule has 2 unspecified atom stereocenters. The van der Waals surface area contributed by atoms with Gasteiger partial charge in [0.25, 0.3) is 0 Å². The monoisotopic (exact) mass is 484 g/mol. The molecule has 2 aliphatic rings. The van der Waals surface area contributed by atoms with Crippen LogP contribution in [0.4, 0.5) is 0 Å². The summed E-state index contributed by atoms with van der Waals surface area (Å²) in [6.07, 6.45) is 0.401. The van der Waals surface area contributed by atoms with Gasteiger partial charge in [0.05, 0.1) is 26.3 Å². The van der Waals surface area contributed by atoms with Crippen LogP contribution in [0.3, 0.4) is 0 Å². The lowest BCUT2D eigenvalue weighted by molar-refractivity contribution is -0.154. The molecule has 2 aromatic carbocycles. The molecule has 1 saturated heterocycles. The zero-order chi connectivity index (χ0) is 24.8. The van der Waals surface area contributed by atoms with Crippen molar-refractivity contribution in [2.24, 2.45) is 10.8 Å². The lowest BCUT2D eigenvalue weighted by Crippen LogP contribution is -2.66. The molecule has 2 fully saturated rings. The first kappa shape index (κ1) is 23.8. The average Bonchev–Trinajstić information content (AvgIpc) is 2.77.